The van der Waals surface area contributed by atoms with Gasteiger partial charge in [-0.2, -0.15) is 0 Å². The van der Waals surface area contributed by atoms with E-state index in [2.05, 4.69) is 12.2 Å². The van der Waals surface area contributed by atoms with Gasteiger partial charge in [0.25, 0.3) is 0 Å². The number of unbranched alkanes of at least 4 members (excludes halogenated alkanes) is 1. The summed E-state index contributed by atoms with van der Waals surface area (Å²) < 4.78 is 26.6. The molecule has 0 fully saturated rings. The standard InChI is InChI=1S/C22H23NO4S/c1-2-3-14-27-18-12-10-17(11-13-18)23-22(24)15-16-6-4-8-20-19(16)7-5-9-21(20)28(25)26/h4-13H,2-3,14-15H2,1H3,(H,23,24)(H,25,26). The zero-order valence-corrected chi connectivity index (χ0v) is 16.5. The van der Waals surface area contributed by atoms with Crippen molar-refractivity contribution >= 4 is 33.4 Å². The fourth-order valence-corrected chi connectivity index (χ4v) is 3.56. The maximum absolute atomic E-state index is 12.5. The van der Waals surface area contributed by atoms with Crippen molar-refractivity contribution in [3.63, 3.8) is 0 Å². The van der Waals surface area contributed by atoms with Crippen LogP contribution in [0.4, 0.5) is 5.69 Å². The van der Waals surface area contributed by atoms with E-state index in [1.165, 1.54) is 0 Å². The monoisotopic (exact) mass is 397 g/mol. The van der Waals surface area contributed by atoms with E-state index >= 15 is 0 Å². The van der Waals surface area contributed by atoms with Crippen LogP contribution in [0.5, 0.6) is 5.75 Å². The maximum Gasteiger partial charge on any atom is 0.228 e. The quantitative estimate of drug-likeness (QED) is 0.424. The Morgan fingerprint density at radius 3 is 2.46 bits per heavy atom. The summed E-state index contributed by atoms with van der Waals surface area (Å²) in [6.07, 6.45) is 2.26. The molecule has 146 valence electrons. The van der Waals surface area contributed by atoms with Crippen molar-refractivity contribution in [1.29, 1.82) is 0 Å². The number of nitrogens with one attached hydrogen (secondary N) is 1. The minimum absolute atomic E-state index is 0.150. The Labute approximate surface area is 167 Å². The molecule has 0 aliphatic carbocycles. The van der Waals surface area contributed by atoms with Crippen LogP contribution in [0.15, 0.2) is 65.6 Å². The van der Waals surface area contributed by atoms with Crippen LogP contribution in [-0.4, -0.2) is 21.3 Å². The highest BCUT2D eigenvalue weighted by Gasteiger charge is 2.11. The zero-order valence-electron chi connectivity index (χ0n) is 15.7. The topological polar surface area (TPSA) is 75.6 Å². The number of carbonyl (C=O) groups excluding carboxylic acids is 1. The third kappa shape index (κ3) is 4.97. The minimum Gasteiger partial charge on any atom is -0.494 e. The first-order valence-corrected chi connectivity index (χ1v) is 10.3. The second-order valence-corrected chi connectivity index (χ2v) is 7.41. The maximum atomic E-state index is 12.5. The predicted molar refractivity (Wildman–Crippen MR) is 112 cm³/mol. The van der Waals surface area contributed by atoms with Gasteiger partial charge in [0.1, 0.15) is 5.75 Å². The number of hydrogen-bond acceptors (Lipinski definition) is 3. The van der Waals surface area contributed by atoms with Crippen molar-refractivity contribution < 1.29 is 18.3 Å². The Hall–Kier alpha value is -2.70. The number of fused-ring (bicyclic) bond motifs is 1. The van der Waals surface area contributed by atoms with Gasteiger partial charge < -0.3 is 14.6 Å². The number of ether oxygens (including phenoxy) is 1. The van der Waals surface area contributed by atoms with Gasteiger partial charge in [0, 0.05) is 11.1 Å². The minimum atomic E-state index is -2.07. The first-order chi connectivity index (χ1) is 13.6. The van der Waals surface area contributed by atoms with Crippen molar-refractivity contribution in [2.45, 2.75) is 31.1 Å². The van der Waals surface area contributed by atoms with Crippen LogP contribution in [0.25, 0.3) is 10.8 Å². The molecule has 0 saturated heterocycles. The van der Waals surface area contributed by atoms with Crippen molar-refractivity contribution in [2.75, 3.05) is 11.9 Å². The van der Waals surface area contributed by atoms with Crippen molar-refractivity contribution in [1.82, 2.24) is 0 Å². The summed E-state index contributed by atoms with van der Waals surface area (Å²) in [5.41, 5.74) is 1.51. The molecule has 3 rings (SSSR count). The van der Waals surface area contributed by atoms with Gasteiger partial charge in [-0.05, 0) is 47.7 Å². The largest absolute Gasteiger partial charge is 0.494 e. The number of benzene rings is 3. The molecule has 6 heteroatoms. The molecule has 0 aliphatic heterocycles. The van der Waals surface area contributed by atoms with Crippen molar-refractivity contribution in [3.05, 3.63) is 66.2 Å². The third-order valence-electron chi connectivity index (χ3n) is 4.42. The molecule has 28 heavy (non-hydrogen) atoms. The van der Waals surface area contributed by atoms with E-state index in [9.17, 15) is 13.6 Å². The van der Waals surface area contributed by atoms with Gasteiger partial charge in [0.05, 0.1) is 17.9 Å². The van der Waals surface area contributed by atoms with Crippen molar-refractivity contribution in [3.8, 4) is 5.75 Å². The number of carbonyl (C=O) groups is 1. The van der Waals surface area contributed by atoms with E-state index in [-0.39, 0.29) is 12.3 Å². The van der Waals surface area contributed by atoms with E-state index in [1.807, 2.05) is 36.4 Å². The summed E-state index contributed by atoms with van der Waals surface area (Å²) in [5.74, 6) is 0.632. The molecule has 2 N–H and O–H groups in total. The van der Waals surface area contributed by atoms with Crippen LogP contribution in [-0.2, 0) is 22.3 Å². The molecule has 3 aromatic carbocycles. The Morgan fingerprint density at radius 2 is 1.75 bits per heavy atom. The number of hydrogen-bond donors (Lipinski definition) is 2. The summed E-state index contributed by atoms with van der Waals surface area (Å²) in [6.45, 7) is 2.80. The van der Waals surface area contributed by atoms with Crippen LogP contribution in [0.3, 0.4) is 0 Å². The summed E-state index contributed by atoms with van der Waals surface area (Å²) in [6, 6.07) is 18.0. The van der Waals surface area contributed by atoms with Gasteiger partial charge in [-0.3, -0.25) is 4.79 Å². The highest BCUT2D eigenvalue weighted by molar-refractivity contribution is 7.79. The molecule has 1 atom stereocenters. The van der Waals surface area contributed by atoms with Crippen LogP contribution in [0, 0.1) is 0 Å². The molecule has 0 aromatic heterocycles. The molecule has 1 amide bonds. The summed E-state index contributed by atoms with van der Waals surface area (Å²) in [4.78, 5) is 12.8. The van der Waals surface area contributed by atoms with Crippen LogP contribution in [0.2, 0.25) is 0 Å². The van der Waals surface area contributed by atoms with Crippen molar-refractivity contribution in [2.24, 2.45) is 0 Å². The average molecular weight is 397 g/mol. The summed E-state index contributed by atoms with van der Waals surface area (Å²) in [5, 5.41) is 4.37. The lowest BCUT2D eigenvalue weighted by molar-refractivity contribution is -0.115. The molecule has 0 aliphatic rings. The lowest BCUT2D eigenvalue weighted by Crippen LogP contribution is -2.14. The van der Waals surface area contributed by atoms with Crippen LogP contribution >= 0.6 is 0 Å². The second-order valence-electron chi connectivity index (χ2n) is 6.47. The number of amides is 1. The lowest BCUT2D eigenvalue weighted by Gasteiger charge is -2.10. The van der Waals surface area contributed by atoms with E-state index in [0.717, 1.165) is 29.5 Å². The summed E-state index contributed by atoms with van der Waals surface area (Å²) in [7, 11) is 0. The molecular formula is C22H23NO4S. The second kappa shape index (κ2) is 9.48. The number of anilines is 1. The molecule has 0 bridgehead atoms. The predicted octanol–water partition coefficient (Wildman–Crippen LogP) is 4.78. The Kier molecular flexibility index (Phi) is 6.79. The molecule has 0 saturated carbocycles. The van der Waals surface area contributed by atoms with E-state index in [1.54, 1.807) is 24.3 Å². The highest BCUT2D eigenvalue weighted by atomic mass is 32.2. The van der Waals surface area contributed by atoms with E-state index in [4.69, 9.17) is 4.74 Å². The fraction of sp³-hybridized carbons (Fsp3) is 0.227. The van der Waals surface area contributed by atoms with E-state index < -0.39 is 11.1 Å². The number of rotatable bonds is 8. The van der Waals surface area contributed by atoms with Gasteiger partial charge >= 0.3 is 0 Å². The first kappa shape index (κ1) is 20.0. The van der Waals surface area contributed by atoms with Crippen LogP contribution in [0.1, 0.15) is 25.3 Å². The molecule has 0 spiro atoms. The van der Waals surface area contributed by atoms with Gasteiger partial charge in [-0.25, -0.2) is 4.21 Å². The van der Waals surface area contributed by atoms with Crippen LogP contribution < -0.4 is 10.1 Å². The highest BCUT2D eigenvalue weighted by Crippen LogP contribution is 2.25. The lowest BCUT2D eigenvalue weighted by atomic mass is 10.0. The van der Waals surface area contributed by atoms with Gasteiger partial charge in [-0.15, -0.1) is 0 Å². The van der Waals surface area contributed by atoms with E-state index in [0.29, 0.717) is 22.6 Å². The first-order valence-electron chi connectivity index (χ1n) is 9.22. The third-order valence-corrected chi connectivity index (χ3v) is 5.15. The molecule has 0 heterocycles. The molecule has 5 nitrogen and oxygen atoms in total. The molecule has 3 aromatic rings. The zero-order chi connectivity index (χ0) is 19.9. The van der Waals surface area contributed by atoms with Gasteiger partial charge in [0.2, 0.25) is 5.91 Å². The SMILES string of the molecule is CCCCOc1ccc(NC(=O)Cc2cccc3c(S(=O)O)cccc23)cc1. The Morgan fingerprint density at radius 1 is 1.04 bits per heavy atom. The Balaban J connectivity index is 1.70. The normalized spacial score (nSPS) is 11.9. The smallest absolute Gasteiger partial charge is 0.228 e. The van der Waals surface area contributed by atoms with Gasteiger partial charge in [0.15, 0.2) is 11.1 Å². The van der Waals surface area contributed by atoms with Gasteiger partial charge in [-0.1, -0.05) is 43.7 Å². The average Bonchev–Trinajstić information content (AvgIpc) is 2.69. The molecular weight excluding hydrogens is 374 g/mol. The molecule has 1 unspecified atom stereocenters. The summed E-state index contributed by atoms with van der Waals surface area (Å²) >= 11 is -2.07. The fourth-order valence-electron chi connectivity index (χ4n) is 3.00. The molecule has 0 radical (unpaired) electrons. The Bertz CT molecular complexity index is 985.